The minimum atomic E-state index is 0.673. The number of hydrogen-bond acceptors (Lipinski definition) is 5. The third kappa shape index (κ3) is 4.89. The van der Waals surface area contributed by atoms with E-state index in [1.807, 2.05) is 20.0 Å². The van der Waals surface area contributed by atoms with Crippen LogP contribution in [0.25, 0.3) is 11.4 Å². The number of hydrogen-bond donors (Lipinski definition) is 1. The Morgan fingerprint density at radius 3 is 2.66 bits per heavy atom. The van der Waals surface area contributed by atoms with Crippen molar-refractivity contribution in [1.29, 1.82) is 0 Å². The van der Waals surface area contributed by atoms with Gasteiger partial charge in [0.25, 0.3) is 0 Å². The summed E-state index contributed by atoms with van der Waals surface area (Å²) in [6.07, 6.45) is 2.39. The number of nitrogens with one attached hydrogen (secondary N) is 1. The van der Waals surface area contributed by atoms with E-state index in [1.54, 1.807) is 4.68 Å². The first-order valence-electron chi connectivity index (χ1n) is 10.2. The molecule has 4 rings (SSSR count). The molecule has 0 spiro atoms. The van der Waals surface area contributed by atoms with Gasteiger partial charge in [-0.15, -0.1) is 0 Å². The van der Waals surface area contributed by atoms with Crippen molar-refractivity contribution in [2.45, 2.75) is 32.9 Å². The van der Waals surface area contributed by atoms with Gasteiger partial charge in [0.05, 0.1) is 0 Å². The number of nitrogens with zero attached hydrogens (tertiary/aromatic N) is 4. The monoisotopic (exact) mass is 413 g/mol. The maximum absolute atomic E-state index is 6.55. The third-order valence-corrected chi connectivity index (χ3v) is 6.11. The normalized spacial score (nSPS) is 15.8. The molecule has 154 valence electrons. The fourth-order valence-electron chi connectivity index (χ4n) is 3.96. The molecule has 6 nitrogen and oxygen atoms in total. The van der Waals surface area contributed by atoms with Gasteiger partial charge in [-0.25, -0.2) is 0 Å². The number of piperidine rings is 1. The fraction of sp³-hybridized carbons (Fsp3) is 0.455. The molecular formula is C22H28ClN5O. The molecule has 3 heterocycles. The molecule has 0 radical (unpaired) electrons. The summed E-state index contributed by atoms with van der Waals surface area (Å²) in [5.41, 5.74) is 3.94. The molecule has 29 heavy (non-hydrogen) atoms. The first-order valence-corrected chi connectivity index (χ1v) is 10.6. The number of rotatable bonds is 7. The Labute approximate surface area is 176 Å². The van der Waals surface area contributed by atoms with Crippen LogP contribution in [0.5, 0.6) is 0 Å². The molecule has 1 aliphatic heterocycles. The van der Waals surface area contributed by atoms with E-state index >= 15 is 0 Å². The Balaban J connectivity index is 1.31. The zero-order valence-electron chi connectivity index (χ0n) is 17.1. The lowest BCUT2D eigenvalue weighted by molar-refractivity contribution is 0.175. The van der Waals surface area contributed by atoms with Gasteiger partial charge in [-0.1, -0.05) is 47.1 Å². The Hall–Kier alpha value is -2.15. The molecule has 0 amide bonds. The summed E-state index contributed by atoms with van der Waals surface area (Å²) in [5.74, 6) is 1.49. The van der Waals surface area contributed by atoms with Gasteiger partial charge >= 0.3 is 0 Å². The Bertz CT molecular complexity index is 928. The molecule has 1 aromatic carbocycles. The predicted octanol–water partition coefficient (Wildman–Crippen LogP) is 4.04. The minimum Gasteiger partial charge on any atom is -0.361 e. The van der Waals surface area contributed by atoms with E-state index in [2.05, 4.69) is 50.8 Å². The molecule has 1 saturated heterocycles. The lowest BCUT2D eigenvalue weighted by Gasteiger charge is -2.32. The zero-order valence-corrected chi connectivity index (χ0v) is 17.8. The van der Waals surface area contributed by atoms with E-state index < -0.39 is 0 Å². The standard InChI is InChI=1S/C22H28ClN5O/c1-16-12-20(26-29-16)21-19(22(23)27(2)25-21)15-28-10-8-18(9-11-28)14-24-13-17-6-4-3-5-7-17/h3-7,12,18,24H,8-11,13-15H2,1-2H3. The van der Waals surface area contributed by atoms with Crippen molar-refractivity contribution < 1.29 is 4.52 Å². The van der Waals surface area contributed by atoms with Crippen LogP contribution in [-0.4, -0.2) is 39.5 Å². The summed E-state index contributed by atoms with van der Waals surface area (Å²) < 4.78 is 6.95. The summed E-state index contributed by atoms with van der Waals surface area (Å²) in [7, 11) is 1.87. The van der Waals surface area contributed by atoms with E-state index in [1.165, 1.54) is 18.4 Å². The molecular weight excluding hydrogens is 386 g/mol. The summed E-state index contributed by atoms with van der Waals surface area (Å²) in [5, 5.41) is 13.0. The van der Waals surface area contributed by atoms with Crippen LogP contribution in [0.1, 0.15) is 29.7 Å². The highest BCUT2D eigenvalue weighted by atomic mass is 35.5. The first kappa shape index (κ1) is 20.1. The molecule has 1 fully saturated rings. The van der Waals surface area contributed by atoms with Gasteiger partial charge in [-0.05, 0) is 50.9 Å². The van der Waals surface area contributed by atoms with E-state index in [0.717, 1.165) is 61.4 Å². The van der Waals surface area contributed by atoms with Crippen LogP contribution in [-0.2, 0) is 20.1 Å². The third-order valence-electron chi connectivity index (χ3n) is 5.63. The van der Waals surface area contributed by atoms with Crippen LogP contribution in [0.4, 0.5) is 0 Å². The van der Waals surface area contributed by atoms with Crippen molar-refractivity contribution in [2.75, 3.05) is 19.6 Å². The molecule has 0 aliphatic carbocycles. The molecule has 0 unspecified atom stereocenters. The minimum absolute atomic E-state index is 0.673. The number of aromatic nitrogens is 3. The highest BCUT2D eigenvalue weighted by molar-refractivity contribution is 6.30. The topological polar surface area (TPSA) is 59.1 Å². The molecule has 3 aromatic rings. The van der Waals surface area contributed by atoms with Crippen LogP contribution in [0.2, 0.25) is 5.15 Å². The number of aryl methyl sites for hydroxylation is 2. The van der Waals surface area contributed by atoms with Gasteiger partial charge in [0, 0.05) is 31.8 Å². The maximum Gasteiger partial charge on any atom is 0.134 e. The second kappa shape index (κ2) is 9.11. The highest BCUT2D eigenvalue weighted by Crippen LogP contribution is 2.30. The smallest absolute Gasteiger partial charge is 0.134 e. The Morgan fingerprint density at radius 2 is 1.97 bits per heavy atom. The average molecular weight is 414 g/mol. The lowest BCUT2D eigenvalue weighted by Crippen LogP contribution is -2.36. The van der Waals surface area contributed by atoms with Gasteiger partial charge in [0.2, 0.25) is 0 Å². The lowest BCUT2D eigenvalue weighted by atomic mass is 9.96. The van der Waals surface area contributed by atoms with E-state index in [9.17, 15) is 0 Å². The Kier molecular flexibility index (Phi) is 6.33. The fourth-order valence-corrected chi connectivity index (χ4v) is 4.15. The van der Waals surface area contributed by atoms with E-state index in [0.29, 0.717) is 5.15 Å². The average Bonchev–Trinajstić information content (AvgIpc) is 3.28. The van der Waals surface area contributed by atoms with Gasteiger partial charge in [0.15, 0.2) is 0 Å². The second-order valence-corrected chi connectivity index (χ2v) is 8.26. The predicted molar refractivity (Wildman–Crippen MR) is 115 cm³/mol. The highest BCUT2D eigenvalue weighted by Gasteiger charge is 2.24. The largest absolute Gasteiger partial charge is 0.361 e. The molecule has 2 aromatic heterocycles. The van der Waals surface area contributed by atoms with Gasteiger partial charge in [0.1, 0.15) is 22.3 Å². The first-order chi connectivity index (χ1) is 14.1. The maximum atomic E-state index is 6.55. The van der Waals surface area contributed by atoms with Crippen LogP contribution in [0.3, 0.4) is 0 Å². The summed E-state index contributed by atoms with van der Waals surface area (Å²) in [4.78, 5) is 2.47. The van der Waals surface area contributed by atoms with Crippen molar-refractivity contribution in [3.05, 3.63) is 58.4 Å². The second-order valence-electron chi connectivity index (χ2n) is 7.90. The van der Waals surface area contributed by atoms with Crippen molar-refractivity contribution in [1.82, 2.24) is 25.2 Å². The van der Waals surface area contributed by atoms with Gasteiger partial charge in [-0.2, -0.15) is 5.10 Å². The number of halogens is 1. The molecule has 1 N–H and O–H groups in total. The molecule has 0 saturated carbocycles. The molecule has 7 heteroatoms. The van der Waals surface area contributed by atoms with Crippen molar-refractivity contribution >= 4 is 11.6 Å². The molecule has 1 aliphatic rings. The number of likely N-dealkylation sites (tertiary alicyclic amines) is 1. The Morgan fingerprint density at radius 1 is 1.21 bits per heavy atom. The quantitative estimate of drug-likeness (QED) is 0.633. The van der Waals surface area contributed by atoms with Crippen LogP contribution >= 0.6 is 11.6 Å². The van der Waals surface area contributed by atoms with Gasteiger partial charge in [-0.3, -0.25) is 9.58 Å². The SMILES string of the molecule is Cc1cc(-c2nn(C)c(Cl)c2CN2CCC(CNCc3ccccc3)CC2)no1. The van der Waals surface area contributed by atoms with Gasteiger partial charge < -0.3 is 9.84 Å². The summed E-state index contributed by atoms with van der Waals surface area (Å²) in [6, 6.07) is 12.5. The summed E-state index contributed by atoms with van der Waals surface area (Å²) >= 11 is 6.55. The molecule has 0 atom stereocenters. The van der Waals surface area contributed by atoms with Crippen LogP contribution < -0.4 is 5.32 Å². The van der Waals surface area contributed by atoms with Crippen LogP contribution in [0, 0.1) is 12.8 Å². The van der Waals surface area contributed by atoms with E-state index in [4.69, 9.17) is 16.1 Å². The van der Waals surface area contributed by atoms with Crippen molar-refractivity contribution in [2.24, 2.45) is 13.0 Å². The summed E-state index contributed by atoms with van der Waals surface area (Å²) in [6.45, 7) is 6.82. The van der Waals surface area contributed by atoms with Crippen molar-refractivity contribution in [3.8, 4) is 11.4 Å². The molecule has 0 bridgehead atoms. The van der Waals surface area contributed by atoms with Crippen molar-refractivity contribution in [3.63, 3.8) is 0 Å². The number of benzene rings is 1. The van der Waals surface area contributed by atoms with E-state index in [-0.39, 0.29) is 0 Å². The zero-order chi connectivity index (χ0) is 20.2. The van der Waals surface area contributed by atoms with Crippen LogP contribution in [0.15, 0.2) is 40.9 Å².